The first-order valence-corrected chi connectivity index (χ1v) is 8.08. The number of nitrogens with one attached hydrogen (secondary N) is 1. The van der Waals surface area contributed by atoms with Gasteiger partial charge in [-0.3, -0.25) is 4.90 Å². The fourth-order valence-electron chi connectivity index (χ4n) is 3.17. The van der Waals surface area contributed by atoms with Crippen LogP contribution in [0.25, 0.3) is 0 Å². The van der Waals surface area contributed by atoms with E-state index < -0.39 is 0 Å². The normalized spacial score (nSPS) is 25.0. The minimum Gasteiger partial charge on any atom is -0.380 e. The van der Waals surface area contributed by atoms with Crippen LogP contribution in [0.5, 0.6) is 0 Å². The Morgan fingerprint density at radius 2 is 1.90 bits per heavy atom. The molecule has 0 bridgehead atoms. The van der Waals surface area contributed by atoms with Gasteiger partial charge >= 0.3 is 0 Å². The molecule has 116 valence electrons. The molecule has 4 heteroatoms. The predicted molar refractivity (Wildman–Crippen MR) is 83.6 cm³/mol. The molecule has 0 aromatic heterocycles. The molecule has 0 saturated carbocycles. The van der Waals surface area contributed by atoms with Gasteiger partial charge in [-0.15, -0.1) is 0 Å². The van der Waals surface area contributed by atoms with Crippen molar-refractivity contribution in [2.24, 2.45) is 0 Å². The Morgan fingerprint density at radius 1 is 1.10 bits per heavy atom. The van der Waals surface area contributed by atoms with Crippen LogP contribution in [-0.4, -0.2) is 63.0 Å². The lowest BCUT2D eigenvalue weighted by Gasteiger charge is -2.32. The summed E-state index contributed by atoms with van der Waals surface area (Å²) in [4.78, 5) is 2.51. The topological polar surface area (TPSA) is 33.7 Å². The maximum Gasteiger partial charge on any atom is 0.0620 e. The highest BCUT2D eigenvalue weighted by Gasteiger charge is 2.22. The molecule has 2 fully saturated rings. The molecule has 4 nitrogen and oxygen atoms in total. The molecule has 0 unspecified atom stereocenters. The van der Waals surface area contributed by atoms with Crippen LogP contribution in [0.1, 0.15) is 12.0 Å². The summed E-state index contributed by atoms with van der Waals surface area (Å²) in [7, 11) is 0. The van der Waals surface area contributed by atoms with Crippen molar-refractivity contribution >= 4 is 0 Å². The molecule has 2 atom stereocenters. The standard InChI is InChI=1S/C17H26N2O2/c1-2-4-15(5-3-1)12-17(18-16-6-9-21-14-16)13-19-7-10-20-11-8-19/h1-5,16-18H,6-14H2/t16-,17-/m1/s1. The molecular weight excluding hydrogens is 264 g/mol. The third-order valence-corrected chi connectivity index (χ3v) is 4.31. The maximum atomic E-state index is 5.50. The Labute approximate surface area is 127 Å². The van der Waals surface area contributed by atoms with Crippen LogP contribution >= 0.6 is 0 Å². The molecule has 0 radical (unpaired) electrons. The van der Waals surface area contributed by atoms with Crippen molar-refractivity contribution in [2.45, 2.75) is 24.9 Å². The third-order valence-electron chi connectivity index (χ3n) is 4.31. The smallest absolute Gasteiger partial charge is 0.0620 e. The van der Waals surface area contributed by atoms with Gasteiger partial charge < -0.3 is 14.8 Å². The van der Waals surface area contributed by atoms with E-state index in [-0.39, 0.29) is 0 Å². The van der Waals surface area contributed by atoms with Crippen molar-refractivity contribution in [3.05, 3.63) is 35.9 Å². The van der Waals surface area contributed by atoms with E-state index in [1.165, 1.54) is 5.56 Å². The van der Waals surface area contributed by atoms with Crippen LogP contribution < -0.4 is 5.32 Å². The second kappa shape index (κ2) is 7.90. The summed E-state index contributed by atoms with van der Waals surface area (Å²) < 4.78 is 11.0. The van der Waals surface area contributed by atoms with Gasteiger partial charge in [0, 0.05) is 38.3 Å². The Bertz CT molecular complexity index is 401. The minimum absolute atomic E-state index is 0.484. The summed E-state index contributed by atoms with van der Waals surface area (Å²) in [5, 5.41) is 3.80. The van der Waals surface area contributed by atoms with Crippen LogP contribution in [-0.2, 0) is 15.9 Å². The molecule has 0 spiro atoms. The number of morpholine rings is 1. The molecule has 3 rings (SSSR count). The molecule has 21 heavy (non-hydrogen) atoms. The highest BCUT2D eigenvalue weighted by Crippen LogP contribution is 2.10. The quantitative estimate of drug-likeness (QED) is 0.856. The summed E-state index contributed by atoms with van der Waals surface area (Å²) in [6.07, 6.45) is 2.21. The third kappa shape index (κ3) is 4.78. The molecule has 1 aromatic rings. The molecular formula is C17H26N2O2. The molecule has 2 heterocycles. The lowest BCUT2D eigenvalue weighted by Crippen LogP contribution is -2.49. The molecule has 2 aliphatic rings. The van der Waals surface area contributed by atoms with Gasteiger partial charge in [-0.25, -0.2) is 0 Å². The van der Waals surface area contributed by atoms with E-state index in [1.807, 2.05) is 0 Å². The molecule has 2 aliphatic heterocycles. The van der Waals surface area contributed by atoms with Crippen LogP contribution in [0.2, 0.25) is 0 Å². The largest absolute Gasteiger partial charge is 0.380 e. The van der Waals surface area contributed by atoms with Crippen molar-refractivity contribution in [1.29, 1.82) is 0 Å². The number of benzene rings is 1. The first-order valence-electron chi connectivity index (χ1n) is 8.08. The Morgan fingerprint density at radius 3 is 2.62 bits per heavy atom. The zero-order valence-electron chi connectivity index (χ0n) is 12.7. The maximum absolute atomic E-state index is 5.50. The number of hydrogen-bond acceptors (Lipinski definition) is 4. The highest BCUT2D eigenvalue weighted by atomic mass is 16.5. The van der Waals surface area contributed by atoms with Gasteiger partial charge in [0.1, 0.15) is 0 Å². The van der Waals surface area contributed by atoms with Crippen LogP contribution in [0.3, 0.4) is 0 Å². The Balaban J connectivity index is 1.58. The molecule has 0 amide bonds. The SMILES string of the molecule is c1ccc(C[C@H](CN2CCOCC2)N[C@@H]2CCOC2)cc1. The van der Waals surface area contributed by atoms with Crippen molar-refractivity contribution in [3.63, 3.8) is 0 Å². The Hall–Kier alpha value is -0.940. The number of nitrogens with zero attached hydrogens (tertiary/aromatic N) is 1. The van der Waals surface area contributed by atoms with E-state index in [1.54, 1.807) is 0 Å². The first-order chi connectivity index (χ1) is 10.4. The fourth-order valence-corrected chi connectivity index (χ4v) is 3.17. The predicted octanol–water partition coefficient (Wildman–Crippen LogP) is 1.31. The van der Waals surface area contributed by atoms with E-state index in [9.17, 15) is 0 Å². The minimum atomic E-state index is 0.484. The van der Waals surface area contributed by atoms with Gasteiger partial charge in [-0.2, -0.15) is 0 Å². The number of ether oxygens (including phenoxy) is 2. The second-order valence-electron chi connectivity index (χ2n) is 6.03. The Kier molecular flexibility index (Phi) is 5.63. The van der Waals surface area contributed by atoms with Crippen LogP contribution in [0.4, 0.5) is 0 Å². The second-order valence-corrected chi connectivity index (χ2v) is 6.03. The molecule has 1 aromatic carbocycles. The van der Waals surface area contributed by atoms with E-state index in [4.69, 9.17) is 9.47 Å². The van der Waals surface area contributed by atoms with Gasteiger partial charge in [0.05, 0.1) is 19.8 Å². The van der Waals surface area contributed by atoms with Gasteiger partial charge in [-0.1, -0.05) is 30.3 Å². The van der Waals surface area contributed by atoms with Gasteiger partial charge in [0.15, 0.2) is 0 Å². The van der Waals surface area contributed by atoms with Crippen molar-refractivity contribution in [1.82, 2.24) is 10.2 Å². The summed E-state index contributed by atoms with van der Waals surface area (Å²) in [5.41, 5.74) is 1.40. The first kappa shape index (κ1) is 15.0. The van der Waals surface area contributed by atoms with Crippen molar-refractivity contribution in [3.8, 4) is 0 Å². The highest BCUT2D eigenvalue weighted by molar-refractivity contribution is 5.16. The van der Waals surface area contributed by atoms with Crippen LogP contribution in [0, 0.1) is 0 Å². The summed E-state index contributed by atoms with van der Waals surface area (Å²) in [6, 6.07) is 11.8. The lowest BCUT2D eigenvalue weighted by molar-refractivity contribution is 0.0328. The average Bonchev–Trinajstić information content (AvgIpc) is 3.02. The van der Waals surface area contributed by atoms with Gasteiger partial charge in [0.2, 0.25) is 0 Å². The molecule has 0 aliphatic carbocycles. The average molecular weight is 290 g/mol. The van der Waals surface area contributed by atoms with Gasteiger partial charge in [-0.05, 0) is 18.4 Å². The molecule has 2 saturated heterocycles. The van der Waals surface area contributed by atoms with Crippen LogP contribution in [0.15, 0.2) is 30.3 Å². The van der Waals surface area contributed by atoms with E-state index in [2.05, 4.69) is 40.5 Å². The summed E-state index contributed by atoms with van der Waals surface area (Å²) in [5.74, 6) is 0. The summed E-state index contributed by atoms with van der Waals surface area (Å²) >= 11 is 0. The monoisotopic (exact) mass is 290 g/mol. The van der Waals surface area contributed by atoms with E-state index >= 15 is 0 Å². The lowest BCUT2D eigenvalue weighted by atomic mass is 10.0. The van der Waals surface area contributed by atoms with E-state index in [0.29, 0.717) is 12.1 Å². The van der Waals surface area contributed by atoms with Crippen molar-refractivity contribution in [2.75, 3.05) is 46.1 Å². The fraction of sp³-hybridized carbons (Fsp3) is 0.647. The number of hydrogen-bond donors (Lipinski definition) is 1. The number of rotatable bonds is 6. The summed E-state index contributed by atoms with van der Waals surface area (Å²) in [6.45, 7) is 6.67. The zero-order chi connectivity index (χ0) is 14.3. The zero-order valence-corrected chi connectivity index (χ0v) is 12.7. The van der Waals surface area contributed by atoms with E-state index in [0.717, 1.165) is 58.9 Å². The molecule has 1 N–H and O–H groups in total. The van der Waals surface area contributed by atoms with Gasteiger partial charge in [0.25, 0.3) is 0 Å². The van der Waals surface area contributed by atoms with Crippen molar-refractivity contribution < 1.29 is 9.47 Å².